The quantitative estimate of drug-likeness (QED) is 0.753. The van der Waals surface area contributed by atoms with Crippen molar-refractivity contribution in [3.05, 3.63) is 18.0 Å². The highest BCUT2D eigenvalue weighted by Crippen LogP contribution is 2.30. The predicted octanol–water partition coefficient (Wildman–Crippen LogP) is 1.11. The van der Waals surface area contributed by atoms with Crippen LogP contribution >= 0.6 is 0 Å². The lowest BCUT2D eigenvalue weighted by Crippen LogP contribution is -2.28. The molecule has 1 fully saturated rings. The lowest BCUT2D eigenvalue weighted by Gasteiger charge is -2.20. The van der Waals surface area contributed by atoms with Crippen LogP contribution in [0.15, 0.2) is 12.4 Å². The molecule has 1 aliphatic carbocycles. The van der Waals surface area contributed by atoms with Crippen LogP contribution in [-0.2, 0) is 13.1 Å². The SMILES string of the molecule is CCn1cc(CN(CCO)CC2CC2)cn1. The van der Waals surface area contributed by atoms with Gasteiger partial charge < -0.3 is 5.11 Å². The van der Waals surface area contributed by atoms with E-state index in [0.29, 0.717) is 0 Å². The summed E-state index contributed by atoms with van der Waals surface area (Å²) >= 11 is 0. The lowest BCUT2D eigenvalue weighted by atomic mass is 10.3. The van der Waals surface area contributed by atoms with Crippen LogP contribution in [0.25, 0.3) is 0 Å². The molecule has 1 N–H and O–H groups in total. The van der Waals surface area contributed by atoms with Gasteiger partial charge in [-0.15, -0.1) is 0 Å². The van der Waals surface area contributed by atoms with E-state index in [0.717, 1.165) is 32.1 Å². The van der Waals surface area contributed by atoms with Gasteiger partial charge in [0.05, 0.1) is 12.8 Å². The van der Waals surface area contributed by atoms with E-state index in [1.807, 2.05) is 10.9 Å². The summed E-state index contributed by atoms with van der Waals surface area (Å²) in [6, 6.07) is 0. The van der Waals surface area contributed by atoms with Crippen molar-refractivity contribution in [2.75, 3.05) is 19.7 Å². The number of hydrogen-bond acceptors (Lipinski definition) is 3. The third-order valence-corrected chi connectivity index (χ3v) is 3.05. The molecule has 0 aromatic carbocycles. The Bertz CT molecular complexity index is 320. The number of aromatic nitrogens is 2. The molecule has 0 spiro atoms. The molecule has 1 aliphatic rings. The van der Waals surface area contributed by atoms with Gasteiger partial charge in [-0.2, -0.15) is 5.10 Å². The first-order valence-corrected chi connectivity index (χ1v) is 6.16. The van der Waals surface area contributed by atoms with Crippen molar-refractivity contribution in [1.82, 2.24) is 14.7 Å². The molecule has 1 aromatic heterocycles. The molecule has 4 nitrogen and oxygen atoms in total. The van der Waals surface area contributed by atoms with E-state index in [4.69, 9.17) is 5.11 Å². The Kier molecular flexibility index (Phi) is 3.96. The molecule has 0 bridgehead atoms. The fourth-order valence-electron chi connectivity index (χ4n) is 1.96. The molecule has 0 saturated heterocycles. The Morgan fingerprint density at radius 1 is 1.56 bits per heavy atom. The van der Waals surface area contributed by atoms with E-state index in [1.54, 1.807) is 0 Å². The first-order valence-electron chi connectivity index (χ1n) is 6.16. The Hall–Kier alpha value is -0.870. The van der Waals surface area contributed by atoms with Crippen molar-refractivity contribution in [1.29, 1.82) is 0 Å². The smallest absolute Gasteiger partial charge is 0.0558 e. The maximum Gasteiger partial charge on any atom is 0.0558 e. The second-order valence-electron chi connectivity index (χ2n) is 4.61. The first kappa shape index (κ1) is 11.6. The van der Waals surface area contributed by atoms with Crippen LogP contribution in [0.4, 0.5) is 0 Å². The maximum atomic E-state index is 9.04. The standard InChI is InChI=1S/C12H21N3O/c1-2-15-10-12(7-13-15)9-14(5-6-16)8-11-3-4-11/h7,10-11,16H,2-6,8-9H2,1H3. The molecule has 90 valence electrons. The summed E-state index contributed by atoms with van der Waals surface area (Å²) in [4.78, 5) is 2.33. The van der Waals surface area contributed by atoms with Gasteiger partial charge in [0.25, 0.3) is 0 Å². The highest BCUT2D eigenvalue weighted by Gasteiger charge is 2.24. The average Bonchev–Trinajstić information content (AvgIpc) is 2.96. The Morgan fingerprint density at radius 2 is 2.38 bits per heavy atom. The van der Waals surface area contributed by atoms with Crippen LogP contribution in [-0.4, -0.2) is 39.5 Å². The summed E-state index contributed by atoms with van der Waals surface area (Å²) in [6.07, 6.45) is 6.74. The second-order valence-corrected chi connectivity index (χ2v) is 4.61. The number of rotatable bonds is 7. The fourth-order valence-corrected chi connectivity index (χ4v) is 1.96. The van der Waals surface area contributed by atoms with Gasteiger partial charge in [0, 0.05) is 37.9 Å². The summed E-state index contributed by atoms with van der Waals surface area (Å²) < 4.78 is 1.95. The van der Waals surface area contributed by atoms with Gasteiger partial charge >= 0.3 is 0 Å². The van der Waals surface area contributed by atoms with Gasteiger partial charge in [-0.05, 0) is 25.7 Å². The zero-order valence-electron chi connectivity index (χ0n) is 9.97. The van der Waals surface area contributed by atoms with Crippen molar-refractivity contribution in [3.8, 4) is 0 Å². The molecule has 0 atom stereocenters. The summed E-state index contributed by atoms with van der Waals surface area (Å²) in [5, 5.41) is 13.3. The summed E-state index contributed by atoms with van der Waals surface area (Å²) in [5.41, 5.74) is 1.25. The van der Waals surface area contributed by atoms with Crippen LogP contribution < -0.4 is 0 Å². The summed E-state index contributed by atoms with van der Waals surface area (Å²) in [5.74, 6) is 0.868. The van der Waals surface area contributed by atoms with Gasteiger partial charge in [-0.1, -0.05) is 0 Å². The minimum Gasteiger partial charge on any atom is -0.395 e. The molecule has 0 unspecified atom stereocenters. The third-order valence-electron chi connectivity index (χ3n) is 3.05. The summed E-state index contributed by atoms with van der Waals surface area (Å²) in [7, 11) is 0. The van der Waals surface area contributed by atoms with E-state index < -0.39 is 0 Å². The van der Waals surface area contributed by atoms with Crippen molar-refractivity contribution in [2.45, 2.75) is 32.9 Å². The van der Waals surface area contributed by atoms with E-state index in [9.17, 15) is 0 Å². The summed E-state index contributed by atoms with van der Waals surface area (Å²) in [6.45, 7) is 6.06. The molecule has 4 heteroatoms. The first-order chi connectivity index (χ1) is 7.81. The predicted molar refractivity (Wildman–Crippen MR) is 63.0 cm³/mol. The lowest BCUT2D eigenvalue weighted by molar-refractivity contribution is 0.185. The highest BCUT2D eigenvalue weighted by atomic mass is 16.3. The molecule has 0 radical (unpaired) electrons. The molecule has 2 rings (SSSR count). The fraction of sp³-hybridized carbons (Fsp3) is 0.750. The van der Waals surface area contributed by atoms with E-state index in [1.165, 1.54) is 18.4 Å². The van der Waals surface area contributed by atoms with E-state index >= 15 is 0 Å². The number of aliphatic hydroxyl groups excluding tert-OH is 1. The van der Waals surface area contributed by atoms with Gasteiger partial charge in [0.2, 0.25) is 0 Å². The monoisotopic (exact) mass is 223 g/mol. The van der Waals surface area contributed by atoms with Gasteiger partial charge in [0.15, 0.2) is 0 Å². The van der Waals surface area contributed by atoms with Crippen molar-refractivity contribution in [3.63, 3.8) is 0 Å². The number of hydrogen-bond donors (Lipinski definition) is 1. The van der Waals surface area contributed by atoms with Crippen molar-refractivity contribution >= 4 is 0 Å². The molecular formula is C12H21N3O. The van der Waals surface area contributed by atoms with E-state index in [-0.39, 0.29) is 6.61 Å². The maximum absolute atomic E-state index is 9.04. The van der Waals surface area contributed by atoms with E-state index in [2.05, 4.69) is 23.1 Å². The van der Waals surface area contributed by atoms with Crippen LogP contribution in [0.2, 0.25) is 0 Å². The molecule has 1 heterocycles. The van der Waals surface area contributed by atoms with Crippen LogP contribution in [0.5, 0.6) is 0 Å². The minimum atomic E-state index is 0.245. The topological polar surface area (TPSA) is 41.3 Å². The number of nitrogens with zero attached hydrogens (tertiary/aromatic N) is 3. The molecule has 16 heavy (non-hydrogen) atoms. The van der Waals surface area contributed by atoms with Crippen LogP contribution in [0.3, 0.4) is 0 Å². The Morgan fingerprint density at radius 3 is 2.94 bits per heavy atom. The van der Waals surface area contributed by atoms with Crippen molar-refractivity contribution in [2.24, 2.45) is 5.92 Å². The normalized spacial score (nSPS) is 15.9. The Balaban J connectivity index is 1.87. The minimum absolute atomic E-state index is 0.245. The Labute approximate surface area is 96.9 Å². The van der Waals surface area contributed by atoms with Gasteiger partial charge in [-0.25, -0.2) is 0 Å². The van der Waals surface area contributed by atoms with Crippen LogP contribution in [0.1, 0.15) is 25.3 Å². The zero-order chi connectivity index (χ0) is 11.4. The van der Waals surface area contributed by atoms with Crippen molar-refractivity contribution < 1.29 is 5.11 Å². The highest BCUT2D eigenvalue weighted by molar-refractivity contribution is 5.03. The molecule has 1 aromatic rings. The number of aliphatic hydroxyl groups is 1. The second kappa shape index (κ2) is 5.46. The molecule has 1 saturated carbocycles. The third kappa shape index (κ3) is 3.32. The zero-order valence-corrected chi connectivity index (χ0v) is 9.97. The largest absolute Gasteiger partial charge is 0.395 e. The molecule has 0 amide bonds. The number of aryl methyl sites for hydroxylation is 1. The van der Waals surface area contributed by atoms with Crippen LogP contribution in [0, 0.1) is 5.92 Å². The van der Waals surface area contributed by atoms with Gasteiger partial charge in [-0.3, -0.25) is 9.58 Å². The average molecular weight is 223 g/mol. The molecular weight excluding hydrogens is 202 g/mol. The molecule has 0 aliphatic heterocycles. The van der Waals surface area contributed by atoms with Gasteiger partial charge in [0.1, 0.15) is 0 Å².